The Kier molecular flexibility index (Phi) is 2.07. The van der Waals surface area contributed by atoms with Crippen LogP contribution < -0.4 is 0 Å². The molecule has 0 unspecified atom stereocenters. The molecule has 3 heteroatoms. The van der Waals surface area contributed by atoms with E-state index in [1.54, 1.807) is 0 Å². The van der Waals surface area contributed by atoms with Gasteiger partial charge in [-0.2, -0.15) is 0 Å². The van der Waals surface area contributed by atoms with Crippen LogP contribution in [-0.2, 0) is 25.8 Å². The normalized spacial score (nSPS) is 10.0. The van der Waals surface area contributed by atoms with Gasteiger partial charge < -0.3 is 0 Å². The van der Waals surface area contributed by atoms with Crippen LogP contribution in [0.15, 0.2) is 8.83 Å². The maximum atomic E-state index is 5.23. The molecule has 1 heterocycles. The molecular weight excluding hydrogens is 288 g/mol. The van der Waals surface area contributed by atoms with Crippen molar-refractivity contribution >= 4 is 0 Å². The Morgan fingerprint density at radius 1 is 1.44 bits per heavy atom. The minimum atomic E-state index is 0.726. The number of rotatable bonds is 1. The summed E-state index contributed by atoms with van der Waals surface area (Å²) in [6.07, 6.45) is 0.919. The third-order valence-electron chi connectivity index (χ3n) is 1.16. The van der Waals surface area contributed by atoms with Crippen LogP contribution in [0.2, 0.25) is 0 Å². The van der Waals surface area contributed by atoms with Gasteiger partial charge in [-0.25, -0.2) is 0 Å². The van der Waals surface area contributed by atoms with E-state index in [0.717, 1.165) is 21.9 Å². The predicted molar refractivity (Wildman–Crippen MR) is 28.3 cm³/mol. The Morgan fingerprint density at radius 2 is 2.11 bits per heavy atom. The van der Waals surface area contributed by atoms with Gasteiger partial charge >= 0.3 is 63.9 Å². The van der Waals surface area contributed by atoms with Crippen molar-refractivity contribution in [3.8, 4) is 0 Å². The monoisotopic (exact) mass is 296 g/mol. The molecule has 0 saturated carbocycles. The van der Waals surface area contributed by atoms with Crippen LogP contribution in [0.3, 0.4) is 0 Å². The maximum absolute atomic E-state index is 5.23. The van der Waals surface area contributed by atoms with E-state index >= 15 is 0 Å². The Balaban J connectivity index is 3.16. The van der Waals surface area contributed by atoms with Crippen LogP contribution >= 0.6 is 0 Å². The molecular formula is C6H8O2W. The molecule has 0 atom stereocenters. The second kappa shape index (κ2) is 2.65. The number of aryl methyl sites for hydroxylation is 2. The second-order valence-corrected chi connectivity index (χ2v) is 2.98. The molecule has 0 radical (unpaired) electrons. The molecule has 2 nitrogen and oxygen atoms in total. The van der Waals surface area contributed by atoms with Crippen molar-refractivity contribution in [1.29, 1.82) is 0 Å². The van der Waals surface area contributed by atoms with Gasteiger partial charge in [0.05, 0.1) is 0 Å². The van der Waals surface area contributed by atoms with E-state index in [1.165, 1.54) is 19.4 Å². The van der Waals surface area contributed by atoms with Gasteiger partial charge in [0, 0.05) is 0 Å². The molecule has 50 valence electrons. The predicted octanol–water partition coefficient (Wildman–Crippen LogP) is 1.82. The zero-order valence-electron chi connectivity index (χ0n) is 5.43. The van der Waals surface area contributed by atoms with Crippen LogP contribution in [0.1, 0.15) is 18.4 Å². The molecule has 0 fully saturated rings. The van der Waals surface area contributed by atoms with E-state index in [9.17, 15) is 0 Å². The third-order valence-corrected chi connectivity index (χ3v) is 1.76. The molecule has 1 rings (SSSR count). The van der Waals surface area contributed by atoms with E-state index in [-0.39, 0.29) is 0 Å². The summed E-state index contributed by atoms with van der Waals surface area (Å²) >= 11 is 1.24. The van der Waals surface area contributed by atoms with Gasteiger partial charge in [-0.05, 0) is 0 Å². The summed E-state index contributed by atoms with van der Waals surface area (Å²) in [4.78, 5) is 0. The van der Waals surface area contributed by atoms with Gasteiger partial charge in [-0.1, -0.05) is 0 Å². The average Bonchev–Trinajstić information content (AvgIpc) is 2.10. The van der Waals surface area contributed by atoms with Crippen LogP contribution in [0.5, 0.6) is 0 Å². The Labute approximate surface area is 64.3 Å². The van der Waals surface area contributed by atoms with Crippen molar-refractivity contribution in [2.75, 3.05) is 0 Å². The van der Waals surface area contributed by atoms with E-state index in [0.29, 0.717) is 0 Å². The molecule has 0 aliphatic carbocycles. The van der Waals surface area contributed by atoms with Crippen molar-refractivity contribution < 1.29 is 28.2 Å². The molecule has 0 amide bonds. The molecule has 0 N–H and O–H groups in total. The Bertz CT molecular complexity index is 246. The van der Waals surface area contributed by atoms with Crippen LogP contribution in [0.25, 0.3) is 0 Å². The summed E-state index contributed by atoms with van der Waals surface area (Å²) < 4.78 is 11.1. The van der Waals surface area contributed by atoms with Crippen LogP contribution in [0, 0.1) is 10.9 Å². The van der Waals surface area contributed by atoms with E-state index in [4.69, 9.17) is 8.83 Å². The van der Waals surface area contributed by atoms with Crippen molar-refractivity contribution in [3.05, 3.63) is 15.5 Å². The van der Waals surface area contributed by atoms with Gasteiger partial charge in [0.1, 0.15) is 0 Å². The topological polar surface area (TPSA) is 26.3 Å². The summed E-state index contributed by atoms with van der Waals surface area (Å²) in [5, 5.41) is 0. The SMILES string of the molecule is CCc1o[c](=[W])oc1C. The summed E-state index contributed by atoms with van der Waals surface area (Å²) in [6.45, 7) is 3.98. The van der Waals surface area contributed by atoms with Gasteiger partial charge in [0.15, 0.2) is 0 Å². The Morgan fingerprint density at radius 3 is 2.33 bits per heavy atom. The third kappa shape index (κ3) is 1.42. The summed E-state index contributed by atoms with van der Waals surface area (Å²) in [5.41, 5.74) is 0. The first-order valence-electron chi connectivity index (χ1n) is 2.83. The fraction of sp³-hybridized carbons (Fsp3) is 0.500. The molecule has 0 aliphatic heterocycles. The first kappa shape index (κ1) is 7.01. The molecule has 9 heavy (non-hydrogen) atoms. The van der Waals surface area contributed by atoms with E-state index < -0.39 is 0 Å². The van der Waals surface area contributed by atoms with Crippen LogP contribution in [0.4, 0.5) is 0 Å². The first-order chi connectivity index (χ1) is 4.24. The summed E-state index contributed by atoms with van der Waals surface area (Å²) in [7, 11) is 0. The van der Waals surface area contributed by atoms with E-state index in [2.05, 4.69) is 6.92 Å². The van der Waals surface area contributed by atoms with Gasteiger partial charge in [0.2, 0.25) is 0 Å². The molecule has 0 aromatic carbocycles. The molecule has 1 aromatic heterocycles. The fourth-order valence-corrected chi connectivity index (χ4v) is 1.51. The van der Waals surface area contributed by atoms with Crippen molar-refractivity contribution in [2.45, 2.75) is 20.3 Å². The molecule has 0 aliphatic rings. The molecule has 0 saturated heterocycles. The summed E-state index contributed by atoms with van der Waals surface area (Å²) in [6, 6.07) is 0. The molecule has 0 bridgehead atoms. The zero-order valence-corrected chi connectivity index (χ0v) is 8.37. The minimum absolute atomic E-state index is 0.726. The standard InChI is InChI=1S/C6H8O2.W/c1-3-6-5(2)7-4-8-6;/h3H2,1-2H3;. The van der Waals surface area contributed by atoms with Crippen molar-refractivity contribution in [1.82, 2.24) is 0 Å². The second-order valence-electron chi connectivity index (χ2n) is 1.79. The first-order valence-corrected chi connectivity index (χ1v) is 4.30. The van der Waals surface area contributed by atoms with Crippen molar-refractivity contribution in [3.63, 3.8) is 0 Å². The van der Waals surface area contributed by atoms with Crippen LogP contribution in [-0.4, -0.2) is 0 Å². The quantitative estimate of drug-likeness (QED) is 0.790. The number of hydrogen-bond donors (Lipinski definition) is 0. The Hall–Kier alpha value is -0.102. The van der Waals surface area contributed by atoms with Gasteiger partial charge in [0.25, 0.3) is 0 Å². The fourth-order valence-electron chi connectivity index (χ4n) is 0.696. The average molecular weight is 296 g/mol. The number of hydrogen-bond acceptors (Lipinski definition) is 2. The van der Waals surface area contributed by atoms with Crippen molar-refractivity contribution in [2.24, 2.45) is 0 Å². The molecule has 1 aromatic rings. The van der Waals surface area contributed by atoms with E-state index in [1.807, 2.05) is 6.92 Å². The van der Waals surface area contributed by atoms with Gasteiger partial charge in [-0.3, -0.25) is 0 Å². The molecule has 0 spiro atoms. The van der Waals surface area contributed by atoms with Gasteiger partial charge in [-0.15, -0.1) is 0 Å². The summed E-state index contributed by atoms with van der Waals surface area (Å²) in [5.74, 6) is 1.89. The zero-order chi connectivity index (χ0) is 6.85.